The van der Waals surface area contributed by atoms with Gasteiger partial charge in [-0.3, -0.25) is 9.69 Å². The first kappa shape index (κ1) is 20.3. The maximum atomic E-state index is 12.9. The first-order valence-electron chi connectivity index (χ1n) is 10.2. The van der Waals surface area contributed by atoms with Gasteiger partial charge in [0.1, 0.15) is 5.75 Å². The lowest BCUT2D eigenvalue weighted by Gasteiger charge is -2.32. The quantitative estimate of drug-likeness (QED) is 0.758. The molecule has 0 saturated carbocycles. The molecule has 2 aromatic carbocycles. The molecule has 2 aliphatic heterocycles. The highest BCUT2D eigenvalue weighted by atomic mass is 32.2. The van der Waals surface area contributed by atoms with Crippen LogP contribution >= 0.6 is 11.8 Å². The average molecular weight is 413 g/mol. The lowest BCUT2D eigenvalue weighted by Crippen LogP contribution is -2.40. The second-order valence-electron chi connectivity index (χ2n) is 7.79. The van der Waals surface area contributed by atoms with Gasteiger partial charge in [-0.15, -0.1) is 11.8 Å². The number of aliphatic hydroxyl groups excluding tert-OH is 1. The van der Waals surface area contributed by atoms with Crippen LogP contribution in [-0.2, 0) is 11.2 Å². The van der Waals surface area contributed by atoms with Crippen molar-refractivity contribution in [2.24, 2.45) is 0 Å². The van der Waals surface area contributed by atoms with Crippen LogP contribution in [0.1, 0.15) is 23.6 Å². The van der Waals surface area contributed by atoms with E-state index in [0.717, 1.165) is 36.5 Å². The molecule has 6 heteroatoms. The SMILES string of the molecule is CN(C(=O)COc1ccc2c(c1)SCC2)C(CN1CC[C@H](O)C1)c1ccccc1. The van der Waals surface area contributed by atoms with Crippen molar-refractivity contribution in [3.8, 4) is 5.75 Å². The van der Waals surface area contributed by atoms with Crippen LogP contribution in [-0.4, -0.2) is 66.0 Å². The van der Waals surface area contributed by atoms with Gasteiger partial charge in [0.15, 0.2) is 6.61 Å². The van der Waals surface area contributed by atoms with Gasteiger partial charge in [0.25, 0.3) is 5.91 Å². The molecule has 1 unspecified atom stereocenters. The Morgan fingerprint density at radius 3 is 2.90 bits per heavy atom. The minimum atomic E-state index is -0.270. The van der Waals surface area contributed by atoms with Crippen molar-refractivity contribution in [3.05, 3.63) is 59.7 Å². The number of carbonyl (C=O) groups excluding carboxylic acids is 1. The van der Waals surface area contributed by atoms with E-state index in [2.05, 4.69) is 23.1 Å². The summed E-state index contributed by atoms with van der Waals surface area (Å²) in [7, 11) is 1.84. The van der Waals surface area contributed by atoms with Crippen LogP contribution in [0, 0.1) is 0 Å². The Labute approximate surface area is 176 Å². The smallest absolute Gasteiger partial charge is 0.260 e. The molecule has 2 aliphatic rings. The summed E-state index contributed by atoms with van der Waals surface area (Å²) < 4.78 is 5.83. The van der Waals surface area contributed by atoms with Gasteiger partial charge in [0.05, 0.1) is 12.1 Å². The van der Waals surface area contributed by atoms with Crippen LogP contribution in [0.15, 0.2) is 53.4 Å². The topological polar surface area (TPSA) is 53.0 Å². The summed E-state index contributed by atoms with van der Waals surface area (Å²) >= 11 is 1.84. The van der Waals surface area contributed by atoms with Crippen LogP contribution < -0.4 is 4.74 Å². The Hall–Kier alpha value is -2.02. The van der Waals surface area contributed by atoms with E-state index in [-0.39, 0.29) is 24.7 Å². The molecular formula is C23H28N2O3S. The van der Waals surface area contributed by atoms with Crippen LogP contribution in [0.25, 0.3) is 0 Å². The highest BCUT2D eigenvalue weighted by Crippen LogP contribution is 2.34. The van der Waals surface area contributed by atoms with E-state index < -0.39 is 0 Å². The third kappa shape index (κ3) is 4.94. The lowest BCUT2D eigenvalue weighted by molar-refractivity contribution is -0.134. The van der Waals surface area contributed by atoms with Gasteiger partial charge in [0, 0.05) is 37.3 Å². The molecule has 1 saturated heterocycles. The Morgan fingerprint density at radius 2 is 2.14 bits per heavy atom. The number of likely N-dealkylation sites (tertiary alicyclic amines) is 1. The van der Waals surface area contributed by atoms with Gasteiger partial charge in [-0.25, -0.2) is 0 Å². The minimum absolute atomic E-state index is 0.0198. The fourth-order valence-corrected chi connectivity index (χ4v) is 5.10. The largest absolute Gasteiger partial charge is 0.484 e. The molecule has 1 amide bonds. The average Bonchev–Trinajstić information content (AvgIpc) is 3.38. The number of aryl methyl sites for hydroxylation is 1. The number of fused-ring (bicyclic) bond motifs is 1. The van der Waals surface area contributed by atoms with E-state index in [9.17, 15) is 9.90 Å². The van der Waals surface area contributed by atoms with Gasteiger partial charge >= 0.3 is 0 Å². The van der Waals surface area contributed by atoms with Gasteiger partial charge in [-0.1, -0.05) is 36.4 Å². The predicted molar refractivity (Wildman–Crippen MR) is 115 cm³/mol. The van der Waals surface area contributed by atoms with Crippen LogP contribution in [0.4, 0.5) is 0 Å². The number of hydrogen-bond acceptors (Lipinski definition) is 5. The summed E-state index contributed by atoms with van der Waals surface area (Å²) in [6, 6.07) is 16.1. The normalized spacial score (nSPS) is 19.7. The second kappa shape index (κ2) is 9.20. The number of ether oxygens (including phenoxy) is 1. The molecule has 4 rings (SSSR count). The molecule has 2 aromatic rings. The summed E-state index contributed by atoms with van der Waals surface area (Å²) in [6.07, 6.45) is 1.62. The van der Waals surface area contributed by atoms with Crippen molar-refractivity contribution < 1.29 is 14.6 Å². The molecule has 0 bridgehead atoms. The van der Waals surface area contributed by atoms with E-state index in [4.69, 9.17) is 4.74 Å². The van der Waals surface area contributed by atoms with Gasteiger partial charge in [-0.05, 0) is 36.1 Å². The van der Waals surface area contributed by atoms with Crippen molar-refractivity contribution >= 4 is 17.7 Å². The van der Waals surface area contributed by atoms with E-state index in [0.29, 0.717) is 13.1 Å². The summed E-state index contributed by atoms with van der Waals surface area (Å²) in [5.41, 5.74) is 2.46. The Morgan fingerprint density at radius 1 is 1.31 bits per heavy atom. The monoisotopic (exact) mass is 412 g/mol. The summed E-state index contributed by atoms with van der Waals surface area (Å²) in [6.45, 7) is 2.25. The molecule has 2 atom stereocenters. The summed E-state index contributed by atoms with van der Waals surface area (Å²) in [5, 5.41) is 9.86. The molecule has 0 aliphatic carbocycles. The lowest BCUT2D eigenvalue weighted by atomic mass is 10.0. The van der Waals surface area contributed by atoms with Gasteiger partial charge in [-0.2, -0.15) is 0 Å². The highest BCUT2D eigenvalue weighted by molar-refractivity contribution is 7.99. The number of thioether (sulfide) groups is 1. The molecule has 1 N–H and O–H groups in total. The van der Waals surface area contributed by atoms with E-state index in [1.807, 2.05) is 49.1 Å². The van der Waals surface area contributed by atoms with Gasteiger partial charge in [0.2, 0.25) is 0 Å². The zero-order valence-electron chi connectivity index (χ0n) is 16.8. The number of likely N-dealkylation sites (N-methyl/N-ethyl adjacent to an activating group) is 1. The molecule has 2 heterocycles. The predicted octanol–water partition coefficient (Wildman–Crippen LogP) is 2.98. The molecule has 154 valence electrons. The number of rotatable bonds is 7. The molecule has 0 aromatic heterocycles. The second-order valence-corrected chi connectivity index (χ2v) is 8.93. The molecular weight excluding hydrogens is 384 g/mol. The maximum absolute atomic E-state index is 12.9. The number of hydrogen-bond donors (Lipinski definition) is 1. The number of carbonyl (C=O) groups is 1. The molecule has 5 nitrogen and oxygen atoms in total. The minimum Gasteiger partial charge on any atom is -0.484 e. The van der Waals surface area contributed by atoms with Crippen molar-refractivity contribution in [1.82, 2.24) is 9.80 Å². The van der Waals surface area contributed by atoms with Crippen LogP contribution in [0.3, 0.4) is 0 Å². The molecule has 29 heavy (non-hydrogen) atoms. The molecule has 0 spiro atoms. The van der Waals surface area contributed by atoms with Crippen molar-refractivity contribution in [1.29, 1.82) is 0 Å². The first-order valence-corrected chi connectivity index (χ1v) is 11.2. The summed E-state index contributed by atoms with van der Waals surface area (Å²) in [5.74, 6) is 1.82. The fraction of sp³-hybridized carbons (Fsp3) is 0.435. The third-order valence-corrected chi connectivity index (χ3v) is 6.85. The number of nitrogens with zero attached hydrogens (tertiary/aromatic N) is 2. The van der Waals surface area contributed by atoms with Crippen LogP contribution in [0.2, 0.25) is 0 Å². The first-order chi connectivity index (χ1) is 14.1. The molecule has 0 radical (unpaired) electrons. The maximum Gasteiger partial charge on any atom is 0.260 e. The number of β-amino-alcohol motifs (C(OH)–C–C–N with tert-alkyl or cyclic N) is 1. The number of benzene rings is 2. The fourth-order valence-electron chi connectivity index (χ4n) is 4.01. The van der Waals surface area contributed by atoms with Gasteiger partial charge < -0.3 is 14.7 Å². The Balaban J connectivity index is 1.42. The van der Waals surface area contributed by atoms with E-state index in [1.165, 1.54) is 10.5 Å². The van der Waals surface area contributed by atoms with E-state index >= 15 is 0 Å². The highest BCUT2D eigenvalue weighted by Gasteiger charge is 2.28. The zero-order valence-corrected chi connectivity index (χ0v) is 17.6. The third-order valence-electron chi connectivity index (χ3n) is 5.75. The standard InChI is InChI=1S/C23H28N2O3S/c1-24(23(27)16-28-20-8-7-18-10-12-29-22(18)13-20)21(17-5-3-2-4-6-17)15-25-11-9-19(26)14-25/h2-8,13,19,21,26H,9-12,14-16H2,1H3/t19-,21?/m0/s1. The summed E-state index contributed by atoms with van der Waals surface area (Å²) in [4.78, 5) is 18.2. The van der Waals surface area contributed by atoms with E-state index in [1.54, 1.807) is 4.90 Å². The number of amides is 1. The zero-order chi connectivity index (χ0) is 20.2. The van der Waals surface area contributed by atoms with Crippen molar-refractivity contribution in [2.75, 3.05) is 39.0 Å². The Kier molecular flexibility index (Phi) is 6.43. The van der Waals surface area contributed by atoms with Crippen LogP contribution in [0.5, 0.6) is 5.75 Å². The Bertz CT molecular complexity index is 845. The number of aliphatic hydroxyl groups is 1. The van der Waals surface area contributed by atoms with Crippen molar-refractivity contribution in [2.45, 2.75) is 29.9 Å². The molecule has 1 fully saturated rings. The van der Waals surface area contributed by atoms with Crippen molar-refractivity contribution in [3.63, 3.8) is 0 Å².